The van der Waals surface area contributed by atoms with Gasteiger partial charge in [0.1, 0.15) is 0 Å². The predicted molar refractivity (Wildman–Crippen MR) is 122 cm³/mol. The normalized spacial score (nSPS) is 20.8. The Morgan fingerprint density at radius 3 is 2.70 bits per heavy atom. The third kappa shape index (κ3) is 4.41. The summed E-state index contributed by atoms with van der Waals surface area (Å²) in [7, 11) is -4.25. The highest BCUT2D eigenvalue weighted by molar-refractivity contribution is 7.89. The Kier molecular flexibility index (Phi) is 5.74. The molecule has 2 amide bonds. The van der Waals surface area contributed by atoms with Gasteiger partial charge in [-0.05, 0) is 60.6 Å². The van der Waals surface area contributed by atoms with Gasteiger partial charge in [-0.1, -0.05) is 19.1 Å². The molecular formula is C24H30N2O6S. The number of furan rings is 1. The number of amides is 2. The zero-order valence-electron chi connectivity index (χ0n) is 18.7. The van der Waals surface area contributed by atoms with Crippen LogP contribution in [0.5, 0.6) is 0 Å². The number of fused-ring (bicyclic) bond motifs is 1. The Bertz CT molecular complexity index is 1160. The van der Waals surface area contributed by atoms with Crippen LogP contribution in [0.4, 0.5) is 10.5 Å². The first-order chi connectivity index (χ1) is 15.8. The number of urea groups is 1. The Balaban J connectivity index is 1.35. The molecule has 1 saturated carbocycles. The largest absolute Gasteiger partial charge is 0.451 e. The van der Waals surface area contributed by atoms with Crippen LogP contribution >= 0.6 is 0 Å². The lowest BCUT2D eigenvalue weighted by molar-refractivity contribution is -0.0681. The number of anilines is 1. The smallest absolute Gasteiger partial charge is 0.333 e. The summed E-state index contributed by atoms with van der Waals surface area (Å²) in [5.74, 6) is 0.907. The second-order valence-electron chi connectivity index (χ2n) is 9.51. The summed E-state index contributed by atoms with van der Waals surface area (Å²) >= 11 is 0. The number of sulfonamides is 1. The third-order valence-corrected chi connectivity index (χ3v) is 8.50. The lowest BCUT2D eigenvalue weighted by Gasteiger charge is -2.30. The molecule has 1 saturated heterocycles. The molecule has 5 rings (SSSR count). The molecule has 1 atom stereocenters. The first-order valence-corrected chi connectivity index (χ1v) is 13.1. The van der Waals surface area contributed by atoms with E-state index in [1.54, 1.807) is 0 Å². The maximum Gasteiger partial charge on any atom is 0.333 e. The lowest BCUT2D eigenvalue weighted by Crippen LogP contribution is -2.35. The summed E-state index contributed by atoms with van der Waals surface area (Å²) in [6, 6.07) is 4.68. The molecule has 1 aromatic heterocycles. The van der Waals surface area contributed by atoms with E-state index in [1.165, 1.54) is 30.7 Å². The molecule has 2 fully saturated rings. The number of rotatable bonds is 6. The minimum Gasteiger partial charge on any atom is -0.451 e. The summed E-state index contributed by atoms with van der Waals surface area (Å²) in [6.45, 7) is 2.93. The topological polar surface area (TPSA) is 118 Å². The number of hydrogen-bond donors (Lipinski definition) is 3. The van der Waals surface area contributed by atoms with Crippen molar-refractivity contribution in [1.82, 2.24) is 4.72 Å². The molecule has 1 aliphatic heterocycles. The molecule has 0 radical (unpaired) electrons. The number of hydrogen-bond acceptors (Lipinski definition) is 6. The minimum absolute atomic E-state index is 0.302. The zero-order valence-corrected chi connectivity index (χ0v) is 19.5. The average molecular weight is 475 g/mol. The van der Waals surface area contributed by atoms with Gasteiger partial charge in [-0.25, -0.2) is 9.52 Å². The number of ether oxygens (including phenoxy) is 1. The highest BCUT2D eigenvalue weighted by Crippen LogP contribution is 2.46. The van der Waals surface area contributed by atoms with Crippen LogP contribution in [0.15, 0.2) is 34.0 Å². The van der Waals surface area contributed by atoms with E-state index in [4.69, 9.17) is 9.15 Å². The molecule has 3 N–H and O–H groups in total. The summed E-state index contributed by atoms with van der Waals surface area (Å²) in [5.41, 5.74) is 3.29. The summed E-state index contributed by atoms with van der Waals surface area (Å²) in [4.78, 5) is 12.8. The Hall–Kier alpha value is -2.36. The van der Waals surface area contributed by atoms with Gasteiger partial charge in [-0.15, -0.1) is 0 Å². The van der Waals surface area contributed by atoms with Gasteiger partial charge in [-0.3, -0.25) is 0 Å². The maximum atomic E-state index is 12.8. The second kappa shape index (κ2) is 8.45. The van der Waals surface area contributed by atoms with Crippen molar-refractivity contribution in [3.05, 3.63) is 46.7 Å². The van der Waals surface area contributed by atoms with E-state index in [0.29, 0.717) is 43.5 Å². The molecule has 178 valence electrons. The number of carbonyl (C=O) groups is 1. The summed E-state index contributed by atoms with van der Waals surface area (Å²) in [6.07, 6.45) is 7.14. The van der Waals surface area contributed by atoms with E-state index < -0.39 is 26.7 Å². The lowest BCUT2D eigenvalue weighted by atomic mass is 9.88. The second-order valence-corrected chi connectivity index (χ2v) is 11.1. The number of benzene rings is 1. The van der Waals surface area contributed by atoms with Gasteiger partial charge in [0, 0.05) is 43.4 Å². The number of aryl methyl sites for hydroxylation is 1. The monoisotopic (exact) mass is 474 g/mol. The van der Waals surface area contributed by atoms with Crippen LogP contribution in [0.1, 0.15) is 67.2 Å². The minimum atomic E-state index is -4.25. The quantitative estimate of drug-likeness (QED) is 0.586. The molecule has 9 heteroatoms. The van der Waals surface area contributed by atoms with Crippen molar-refractivity contribution >= 4 is 21.7 Å². The molecule has 2 heterocycles. The molecule has 3 aliphatic rings. The number of carbonyl (C=O) groups excluding carboxylic acids is 1. The molecule has 33 heavy (non-hydrogen) atoms. The van der Waals surface area contributed by atoms with Gasteiger partial charge < -0.3 is 19.6 Å². The Morgan fingerprint density at radius 1 is 1.21 bits per heavy atom. The van der Waals surface area contributed by atoms with Crippen LogP contribution in [-0.4, -0.2) is 32.8 Å². The van der Waals surface area contributed by atoms with Gasteiger partial charge in [0.2, 0.25) is 5.09 Å². The fraction of sp³-hybridized carbons (Fsp3) is 0.542. The van der Waals surface area contributed by atoms with Crippen molar-refractivity contribution in [2.45, 2.75) is 68.5 Å². The fourth-order valence-electron chi connectivity index (χ4n) is 5.07. The third-order valence-electron chi connectivity index (χ3n) is 7.30. The van der Waals surface area contributed by atoms with Crippen molar-refractivity contribution in [3.8, 4) is 0 Å². The van der Waals surface area contributed by atoms with Crippen LogP contribution in [0, 0.1) is 5.92 Å². The van der Waals surface area contributed by atoms with E-state index in [9.17, 15) is 18.3 Å². The molecule has 2 aromatic rings. The first-order valence-electron chi connectivity index (χ1n) is 11.6. The first kappa shape index (κ1) is 22.4. The van der Waals surface area contributed by atoms with E-state index in [-0.39, 0.29) is 0 Å². The SMILES string of the molecule is C[C@H](c1ccc2c(c1NC(=O)NS(=O)(=O)c1cc(C3(O)CCOCC3)co1)CCC2)C1CC1. The highest BCUT2D eigenvalue weighted by atomic mass is 32.2. The van der Waals surface area contributed by atoms with E-state index in [0.717, 1.165) is 36.1 Å². The molecule has 0 bridgehead atoms. The van der Waals surface area contributed by atoms with Crippen molar-refractivity contribution in [3.63, 3.8) is 0 Å². The van der Waals surface area contributed by atoms with Crippen LogP contribution < -0.4 is 10.0 Å². The van der Waals surface area contributed by atoms with Crippen LogP contribution in [0.25, 0.3) is 0 Å². The van der Waals surface area contributed by atoms with Crippen LogP contribution in [0.2, 0.25) is 0 Å². The molecule has 0 spiro atoms. The van der Waals surface area contributed by atoms with Crippen molar-refractivity contribution in [2.75, 3.05) is 18.5 Å². The number of nitrogens with one attached hydrogen (secondary N) is 2. The average Bonchev–Trinajstić information content (AvgIpc) is 3.28. The highest BCUT2D eigenvalue weighted by Gasteiger charge is 2.36. The summed E-state index contributed by atoms with van der Waals surface area (Å²) in [5, 5.41) is 13.2. The molecule has 0 unspecified atom stereocenters. The van der Waals surface area contributed by atoms with Crippen molar-refractivity contribution in [2.24, 2.45) is 5.92 Å². The molecule has 1 aromatic carbocycles. The Morgan fingerprint density at radius 2 is 1.97 bits per heavy atom. The van der Waals surface area contributed by atoms with Gasteiger partial charge in [0.15, 0.2) is 0 Å². The van der Waals surface area contributed by atoms with Crippen LogP contribution in [-0.2, 0) is 33.2 Å². The fourth-order valence-corrected chi connectivity index (χ4v) is 5.92. The number of aliphatic hydroxyl groups is 1. The van der Waals surface area contributed by atoms with Gasteiger partial charge in [0.25, 0.3) is 10.0 Å². The van der Waals surface area contributed by atoms with Gasteiger partial charge in [-0.2, -0.15) is 8.42 Å². The van der Waals surface area contributed by atoms with E-state index in [1.807, 2.05) is 0 Å². The van der Waals surface area contributed by atoms with Gasteiger partial charge >= 0.3 is 6.03 Å². The molecule has 2 aliphatic carbocycles. The molecule has 8 nitrogen and oxygen atoms in total. The Labute approximate surface area is 193 Å². The van der Waals surface area contributed by atoms with Gasteiger partial charge in [0.05, 0.1) is 11.9 Å². The van der Waals surface area contributed by atoms with Crippen LogP contribution in [0.3, 0.4) is 0 Å². The molecular weight excluding hydrogens is 444 g/mol. The predicted octanol–water partition coefficient (Wildman–Crippen LogP) is 3.79. The maximum absolute atomic E-state index is 12.8. The van der Waals surface area contributed by atoms with E-state index >= 15 is 0 Å². The standard InChI is InChI=1S/C24H30N2O6S/c1-15(16-5-6-16)19-8-7-17-3-2-4-20(17)22(19)25-23(27)26-33(29,30)21-13-18(14-32-21)24(28)9-11-31-12-10-24/h7-8,13-16,28H,2-6,9-12H2,1H3,(H2,25,26,27)/t15-/m0/s1. The van der Waals surface area contributed by atoms with Crippen molar-refractivity contribution in [1.29, 1.82) is 0 Å². The zero-order chi connectivity index (χ0) is 23.2. The summed E-state index contributed by atoms with van der Waals surface area (Å²) < 4.78 is 38.3. The van der Waals surface area contributed by atoms with Crippen molar-refractivity contribution < 1.29 is 27.5 Å². The van der Waals surface area contributed by atoms with E-state index in [2.05, 4.69) is 29.1 Å².